The van der Waals surface area contributed by atoms with E-state index in [0.29, 0.717) is 25.8 Å². The summed E-state index contributed by atoms with van der Waals surface area (Å²) in [5.41, 5.74) is 0.0432. The highest BCUT2D eigenvalue weighted by Gasteiger charge is 2.43. The summed E-state index contributed by atoms with van der Waals surface area (Å²) in [7, 11) is 0. The number of aliphatic hydroxyl groups excluding tert-OH is 1. The molecule has 0 aliphatic heterocycles. The Balaban J connectivity index is 1.78. The van der Waals surface area contributed by atoms with Crippen LogP contribution in [-0.4, -0.2) is 30.1 Å². The number of hydrogen-bond donors (Lipinski definition) is 2. The summed E-state index contributed by atoms with van der Waals surface area (Å²) < 4.78 is 26.4. The SMILES string of the molecule is O=C(NCC1(CCO)CC1)C1CCCC(F)(F)C1. The van der Waals surface area contributed by atoms with Crippen molar-refractivity contribution < 1.29 is 18.7 Å². The fourth-order valence-electron chi connectivity index (χ4n) is 2.74. The topological polar surface area (TPSA) is 49.3 Å². The average molecular weight is 261 g/mol. The first kappa shape index (κ1) is 13.7. The maximum absolute atomic E-state index is 13.2. The first-order chi connectivity index (χ1) is 8.46. The van der Waals surface area contributed by atoms with E-state index in [9.17, 15) is 13.6 Å². The van der Waals surface area contributed by atoms with Crippen molar-refractivity contribution in [2.24, 2.45) is 11.3 Å². The molecule has 0 aromatic rings. The molecule has 2 aliphatic rings. The van der Waals surface area contributed by atoms with Crippen LogP contribution in [0.1, 0.15) is 44.9 Å². The molecule has 0 aromatic carbocycles. The molecule has 0 bridgehead atoms. The predicted molar refractivity (Wildman–Crippen MR) is 63.3 cm³/mol. The van der Waals surface area contributed by atoms with E-state index < -0.39 is 11.8 Å². The lowest BCUT2D eigenvalue weighted by Crippen LogP contribution is -2.39. The van der Waals surface area contributed by atoms with Crippen molar-refractivity contribution in [1.82, 2.24) is 5.32 Å². The first-order valence-corrected chi connectivity index (χ1v) is 6.73. The summed E-state index contributed by atoms with van der Waals surface area (Å²) in [4.78, 5) is 11.9. The van der Waals surface area contributed by atoms with Crippen molar-refractivity contribution >= 4 is 5.91 Å². The van der Waals surface area contributed by atoms with E-state index in [0.717, 1.165) is 12.8 Å². The van der Waals surface area contributed by atoms with E-state index in [4.69, 9.17) is 5.11 Å². The fourth-order valence-corrected chi connectivity index (χ4v) is 2.74. The zero-order valence-corrected chi connectivity index (χ0v) is 10.6. The zero-order valence-electron chi connectivity index (χ0n) is 10.6. The number of halogens is 2. The molecule has 104 valence electrons. The Hall–Kier alpha value is -0.710. The second-order valence-corrected chi connectivity index (χ2v) is 5.84. The van der Waals surface area contributed by atoms with E-state index in [-0.39, 0.29) is 30.8 Å². The van der Waals surface area contributed by atoms with E-state index in [1.54, 1.807) is 0 Å². The number of carbonyl (C=O) groups is 1. The highest BCUT2D eigenvalue weighted by Crippen LogP contribution is 2.48. The van der Waals surface area contributed by atoms with Gasteiger partial charge in [0.05, 0.1) is 0 Å². The second kappa shape index (κ2) is 5.11. The highest BCUT2D eigenvalue weighted by molar-refractivity contribution is 5.78. The van der Waals surface area contributed by atoms with Crippen LogP contribution in [0.3, 0.4) is 0 Å². The zero-order chi connectivity index (χ0) is 13.2. The molecule has 0 spiro atoms. The van der Waals surface area contributed by atoms with E-state index in [1.165, 1.54) is 0 Å². The number of hydrogen-bond acceptors (Lipinski definition) is 2. The van der Waals surface area contributed by atoms with Crippen molar-refractivity contribution in [3.05, 3.63) is 0 Å². The van der Waals surface area contributed by atoms with Crippen molar-refractivity contribution in [3.8, 4) is 0 Å². The Morgan fingerprint density at radius 1 is 1.33 bits per heavy atom. The van der Waals surface area contributed by atoms with Gasteiger partial charge in [0.1, 0.15) is 0 Å². The monoisotopic (exact) mass is 261 g/mol. The lowest BCUT2D eigenvalue weighted by molar-refractivity contribution is -0.132. The normalized spacial score (nSPS) is 28.7. The Kier molecular flexibility index (Phi) is 3.90. The first-order valence-electron chi connectivity index (χ1n) is 6.73. The van der Waals surface area contributed by atoms with E-state index >= 15 is 0 Å². The number of nitrogens with one attached hydrogen (secondary N) is 1. The molecule has 0 heterocycles. The molecule has 2 saturated carbocycles. The van der Waals surface area contributed by atoms with Gasteiger partial charge in [0, 0.05) is 31.9 Å². The summed E-state index contributed by atoms with van der Waals surface area (Å²) in [5.74, 6) is -3.46. The van der Waals surface area contributed by atoms with Gasteiger partial charge in [-0.15, -0.1) is 0 Å². The standard InChI is InChI=1S/C13H21F2NO2/c14-13(15)3-1-2-10(8-13)11(18)16-9-12(4-5-12)6-7-17/h10,17H,1-9H2,(H,16,18). The maximum atomic E-state index is 13.2. The number of aliphatic hydroxyl groups is 1. The van der Waals surface area contributed by atoms with Gasteiger partial charge in [0.15, 0.2) is 0 Å². The van der Waals surface area contributed by atoms with Gasteiger partial charge in [-0.2, -0.15) is 0 Å². The molecular weight excluding hydrogens is 240 g/mol. The summed E-state index contributed by atoms with van der Waals surface area (Å²) in [6.07, 6.45) is 3.29. The molecule has 18 heavy (non-hydrogen) atoms. The molecule has 0 saturated heterocycles. The number of carbonyl (C=O) groups excluding carboxylic acids is 1. The van der Waals surface area contributed by atoms with E-state index in [2.05, 4.69) is 5.32 Å². The number of alkyl halides is 2. The van der Waals surface area contributed by atoms with Crippen LogP contribution in [0.5, 0.6) is 0 Å². The molecule has 1 atom stereocenters. The Morgan fingerprint density at radius 3 is 2.61 bits per heavy atom. The van der Waals surface area contributed by atoms with Gasteiger partial charge < -0.3 is 10.4 Å². The third-order valence-electron chi connectivity index (χ3n) is 4.25. The van der Waals surface area contributed by atoms with Crippen LogP contribution in [-0.2, 0) is 4.79 Å². The minimum Gasteiger partial charge on any atom is -0.396 e. The summed E-state index contributed by atoms with van der Waals surface area (Å²) in [6, 6.07) is 0. The third-order valence-corrected chi connectivity index (χ3v) is 4.25. The largest absolute Gasteiger partial charge is 0.396 e. The summed E-state index contributed by atoms with van der Waals surface area (Å²) >= 11 is 0. The van der Waals surface area contributed by atoms with Gasteiger partial charge in [0.25, 0.3) is 0 Å². The summed E-state index contributed by atoms with van der Waals surface area (Å²) in [6.45, 7) is 0.645. The molecule has 0 aromatic heterocycles. The van der Waals surface area contributed by atoms with Gasteiger partial charge in [0.2, 0.25) is 11.8 Å². The number of rotatable bonds is 5. The molecule has 1 amide bonds. The lowest BCUT2D eigenvalue weighted by atomic mass is 9.86. The van der Waals surface area contributed by atoms with E-state index in [1.807, 2.05) is 0 Å². The number of amides is 1. The van der Waals surface area contributed by atoms with Crippen LogP contribution in [0.2, 0.25) is 0 Å². The maximum Gasteiger partial charge on any atom is 0.248 e. The van der Waals surface area contributed by atoms with Crippen LogP contribution in [0, 0.1) is 11.3 Å². The van der Waals surface area contributed by atoms with Crippen molar-refractivity contribution in [3.63, 3.8) is 0 Å². The van der Waals surface area contributed by atoms with Crippen LogP contribution in [0.4, 0.5) is 8.78 Å². The lowest BCUT2D eigenvalue weighted by Gasteiger charge is -2.28. The highest BCUT2D eigenvalue weighted by atomic mass is 19.3. The Bertz CT molecular complexity index is 316. The molecule has 2 fully saturated rings. The quantitative estimate of drug-likeness (QED) is 0.796. The second-order valence-electron chi connectivity index (χ2n) is 5.84. The molecule has 3 nitrogen and oxygen atoms in total. The summed E-state index contributed by atoms with van der Waals surface area (Å²) in [5, 5.41) is 11.7. The molecular formula is C13H21F2NO2. The molecule has 2 aliphatic carbocycles. The van der Waals surface area contributed by atoms with Crippen LogP contribution in [0.15, 0.2) is 0 Å². The van der Waals surface area contributed by atoms with Crippen LogP contribution >= 0.6 is 0 Å². The van der Waals surface area contributed by atoms with Crippen molar-refractivity contribution in [2.45, 2.75) is 50.9 Å². The van der Waals surface area contributed by atoms with Gasteiger partial charge in [-0.25, -0.2) is 8.78 Å². The molecule has 2 rings (SSSR count). The van der Waals surface area contributed by atoms with Gasteiger partial charge >= 0.3 is 0 Å². The smallest absolute Gasteiger partial charge is 0.248 e. The van der Waals surface area contributed by atoms with Crippen LogP contribution in [0.25, 0.3) is 0 Å². The van der Waals surface area contributed by atoms with Gasteiger partial charge in [-0.05, 0) is 37.5 Å². The predicted octanol–water partition coefficient (Wildman–Crippen LogP) is 2.09. The van der Waals surface area contributed by atoms with Gasteiger partial charge in [-0.1, -0.05) is 0 Å². The third kappa shape index (κ3) is 3.40. The fraction of sp³-hybridized carbons (Fsp3) is 0.923. The van der Waals surface area contributed by atoms with Gasteiger partial charge in [-0.3, -0.25) is 4.79 Å². The molecule has 0 radical (unpaired) electrons. The molecule has 5 heteroatoms. The Morgan fingerprint density at radius 2 is 2.06 bits per heavy atom. The minimum atomic E-state index is -2.68. The molecule has 1 unspecified atom stereocenters. The minimum absolute atomic E-state index is 0.0432. The Labute approximate surface area is 106 Å². The van der Waals surface area contributed by atoms with Crippen molar-refractivity contribution in [1.29, 1.82) is 0 Å². The van der Waals surface area contributed by atoms with Crippen molar-refractivity contribution in [2.75, 3.05) is 13.2 Å². The van der Waals surface area contributed by atoms with Crippen LogP contribution < -0.4 is 5.32 Å². The average Bonchev–Trinajstić information content (AvgIpc) is 3.06. The molecule has 2 N–H and O–H groups in total.